The highest BCUT2D eigenvalue weighted by molar-refractivity contribution is 6.09. The molecule has 0 aliphatic carbocycles. The number of aromatic nitrogens is 2. The molecule has 0 aliphatic heterocycles. The molecule has 0 spiro atoms. The van der Waals surface area contributed by atoms with Crippen molar-refractivity contribution in [2.75, 3.05) is 10.6 Å². The van der Waals surface area contributed by atoms with E-state index < -0.39 is 0 Å². The summed E-state index contributed by atoms with van der Waals surface area (Å²) in [5, 5.41) is 6.08. The van der Waals surface area contributed by atoms with Crippen molar-refractivity contribution < 1.29 is 9.59 Å². The zero-order valence-corrected chi connectivity index (χ0v) is 17.8. The summed E-state index contributed by atoms with van der Waals surface area (Å²) >= 11 is 0. The van der Waals surface area contributed by atoms with Crippen LogP contribution in [0.3, 0.4) is 0 Å². The molecule has 6 nitrogen and oxygen atoms in total. The third kappa shape index (κ3) is 4.87. The highest BCUT2D eigenvalue weighted by Gasteiger charge is 2.12. The number of nitrogens with zero attached hydrogens (tertiary/aromatic N) is 2. The van der Waals surface area contributed by atoms with E-state index in [0.29, 0.717) is 28.5 Å². The summed E-state index contributed by atoms with van der Waals surface area (Å²) in [6, 6.07) is 25.8. The Balaban J connectivity index is 1.56. The van der Waals surface area contributed by atoms with Crippen molar-refractivity contribution in [1.29, 1.82) is 0 Å². The Morgan fingerprint density at radius 2 is 1.56 bits per heavy atom. The Labute approximate surface area is 186 Å². The van der Waals surface area contributed by atoms with Gasteiger partial charge >= 0.3 is 0 Å². The number of benzene rings is 3. The van der Waals surface area contributed by atoms with Gasteiger partial charge in [-0.1, -0.05) is 48.5 Å². The molecule has 0 saturated heterocycles. The summed E-state index contributed by atoms with van der Waals surface area (Å²) in [6.45, 7) is 3.32. The van der Waals surface area contributed by atoms with E-state index in [1.165, 1.54) is 6.92 Å². The number of hydrogen-bond acceptors (Lipinski definition) is 5. The number of Topliss-reactive ketones (excluding diaryl/α,β-unsaturated/α-hetero) is 1. The Bertz CT molecular complexity index is 1290. The number of rotatable bonds is 6. The highest BCUT2D eigenvalue weighted by atomic mass is 16.1. The van der Waals surface area contributed by atoms with Gasteiger partial charge in [0.25, 0.3) is 5.91 Å². The van der Waals surface area contributed by atoms with Crippen LogP contribution >= 0.6 is 0 Å². The maximum Gasteiger partial charge on any atom is 0.255 e. The normalized spacial score (nSPS) is 10.4. The topological polar surface area (TPSA) is 84.0 Å². The second-order valence-electron chi connectivity index (χ2n) is 7.31. The minimum Gasteiger partial charge on any atom is -0.340 e. The lowest BCUT2D eigenvalue weighted by Gasteiger charge is -2.11. The predicted octanol–water partition coefficient (Wildman–Crippen LogP) is 5.65. The van der Waals surface area contributed by atoms with E-state index in [2.05, 4.69) is 20.6 Å². The van der Waals surface area contributed by atoms with Crippen LogP contribution in [0, 0.1) is 6.92 Å². The molecule has 1 heterocycles. The molecule has 1 amide bonds. The molecular formula is C26H22N4O2. The Morgan fingerprint density at radius 1 is 0.812 bits per heavy atom. The summed E-state index contributed by atoms with van der Waals surface area (Å²) in [4.78, 5) is 33.6. The van der Waals surface area contributed by atoms with E-state index in [-0.39, 0.29) is 11.7 Å². The quantitative estimate of drug-likeness (QED) is 0.392. The van der Waals surface area contributed by atoms with Crippen LogP contribution in [-0.2, 0) is 0 Å². The second kappa shape index (κ2) is 9.22. The number of para-hydroxylation sites is 1. The first kappa shape index (κ1) is 20.9. The van der Waals surface area contributed by atoms with Gasteiger partial charge in [0, 0.05) is 28.4 Å². The molecule has 2 N–H and O–H groups in total. The van der Waals surface area contributed by atoms with E-state index in [0.717, 1.165) is 16.9 Å². The first-order valence-corrected chi connectivity index (χ1v) is 10.2. The number of aryl methyl sites for hydroxylation is 1. The van der Waals surface area contributed by atoms with Gasteiger partial charge in [-0.05, 0) is 44.2 Å². The number of nitrogens with one attached hydrogen (secondary N) is 2. The maximum absolute atomic E-state index is 12.8. The first-order valence-electron chi connectivity index (χ1n) is 10.2. The fourth-order valence-corrected chi connectivity index (χ4v) is 3.37. The number of amides is 1. The van der Waals surface area contributed by atoms with Crippen LogP contribution in [0.25, 0.3) is 11.3 Å². The smallest absolute Gasteiger partial charge is 0.255 e. The van der Waals surface area contributed by atoms with Crippen molar-refractivity contribution in [2.24, 2.45) is 0 Å². The van der Waals surface area contributed by atoms with Crippen LogP contribution in [0.1, 0.15) is 33.5 Å². The lowest BCUT2D eigenvalue weighted by atomic mass is 10.1. The largest absolute Gasteiger partial charge is 0.340 e. The van der Waals surface area contributed by atoms with E-state index in [9.17, 15) is 9.59 Å². The first-order chi connectivity index (χ1) is 15.5. The molecule has 0 saturated carbocycles. The molecule has 0 atom stereocenters. The van der Waals surface area contributed by atoms with E-state index in [1.807, 2.05) is 49.4 Å². The average Bonchev–Trinajstić information content (AvgIpc) is 2.79. The van der Waals surface area contributed by atoms with E-state index >= 15 is 0 Å². The number of carbonyl (C=O) groups excluding carboxylic acids is 2. The fraction of sp³-hybridized carbons (Fsp3) is 0.0769. The molecule has 0 unspecified atom stereocenters. The van der Waals surface area contributed by atoms with Crippen LogP contribution in [0.5, 0.6) is 0 Å². The van der Waals surface area contributed by atoms with Gasteiger partial charge in [-0.15, -0.1) is 0 Å². The van der Waals surface area contributed by atoms with Crippen LogP contribution < -0.4 is 10.6 Å². The van der Waals surface area contributed by atoms with Crippen LogP contribution in [0.4, 0.5) is 17.2 Å². The summed E-state index contributed by atoms with van der Waals surface area (Å²) < 4.78 is 0. The molecule has 0 aliphatic rings. The standard InChI is InChI=1S/C26H22N4O2/c1-17(31)22-13-6-7-14-23(22)30-26(32)20-11-8-12-21(15-20)29-25-16-24(27-18(2)28-25)19-9-4-3-5-10-19/h3-16H,1-2H3,(H,30,32)(H,27,28,29). The van der Waals surface area contributed by atoms with Gasteiger partial charge in [-0.2, -0.15) is 0 Å². The lowest BCUT2D eigenvalue weighted by Crippen LogP contribution is -2.14. The van der Waals surface area contributed by atoms with Crippen LogP contribution in [0.15, 0.2) is 84.9 Å². The summed E-state index contributed by atoms with van der Waals surface area (Å²) in [5.41, 5.74) is 3.95. The van der Waals surface area contributed by atoms with Gasteiger partial charge in [0.05, 0.1) is 11.4 Å². The zero-order chi connectivity index (χ0) is 22.5. The van der Waals surface area contributed by atoms with Crippen LogP contribution in [0.2, 0.25) is 0 Å². The van der Waals surface area contributed by atoms with Crippen molar-refractivity contribution in [3.05, 3.63) is 102 Å². The van der Waals surface area contributed by atoms with Crippen molar-refractivity contribution >= 4 is 28.9 Å². The molecule has 0 bridgehead atoms. The van der Waals surface area contributed by atoms with Gasteiger partial charge < -0.3 is 10.6 Å². The third-order valence-corrected chi connectivity index (χ3v) is 4.86. The molecule has 0 fully saturated rings. The SMILES string of the molecule is CC(=O)c1ccccc1NC(=O)c1cccc(Nc2cc(-c3ccccc3)nc(C)n2)c1. The number of ketones is 1. The van der Waals surface area contributed by atoms with Gasteiger partial charge in [0.1, 0.15) is 11.6 Å². The number of carbonyl (C=O) groups is 2. The highest BCUT2D eigenvalue weighted by Crippen LogP contribution is 2.23. The van der Waals surface area contributed by atoms with Crippen molar-refractivity contribution in [2.45, 2.75) is 13.8 Å². The van der Waals surface area contributed by atoms with Crippen molar-refractivity contribution in [1.82, 2.24) is 9.97 Å². The molecule has 0 radical (unpaired) electrons. The van der Waals surface area contributed by atoms with Crippen molar-refractivity contribution in [3.63, 3.8) is 0 Å². The molecule has 158 valence electrons. The lowest BCUT2D eigenvalue weighted by molar-refractivity contribution is 0.101. The molecule has 4 rings (SSSR count). The molecule has 4 aromatic rings. The Hall–Kier alpha value is -4.32. The summed E-state index contributed by atoms with van der Waals surface area (Å²) in [5.74, 6) is 0.871. The van der Waals surface area contributed by atoms with Crippen molar-refractivity contribution in [3.8, 4) is 11.3 Å². The predicted molar refractivity (Wildman–Crippen MR) is 126 cm³/mol. The molecule has 32 heavy (non-hydrogen) atoms. The van der Waals surface area contributed by atoms with E-state index in [1.54, 1.807) is 42.5 Å². The van der Waals surface area contributed by atoms with Gasteiger partial charge in [-0.3, -0.25) is 9.59 Å². The monoisotopic (exact) mass is 422 g/mol. The average molecular weight is 422 g/mol. The van der Waals surface area contributed by atoms with Gasteiger partial charge in [0.2, 0.25) is 0 Å². The zero-order valence-electron chi connectivity index (χ0n) is 17.8. The Morgan fingerprint density at radius 3 is 2.34 bits per heavy atom. The minimum absolute atomic E-state index is 0.107. The number of hydrogen-bond donors (Lipinski definition) is 2. The third-order valence-electron chi connectivity index (χ3n) is 4.86. The molecule has 1 aromatic heterocycles. The maximum atomic E-state index is 12.8. The minimum atomic E-state index is -0.300. The summed E-state index contributed by atoms with van der Waals surface area (Å²) in [6.07, 6.45) is 0. The van der Waals surface area contributed by atoms with Gasteiger partial charge in [0.15, 0.2) is 5.78 Å². The Kier molecular flexibility index (Phi) is 6.03. The molecular weight excluding hydrogens is 400 g/mol. The molecule has 6 heteroatoms. The van der Waals surface area contributed by atoms with Crippen LogP contribution in [-0.4, -0.2) is 21.7 Å². The number of anilines is 3. The fourth-order valence-electron chi connectivity index (χ4n) is 3.37. The second-order valence-corrected chi connectivity index (χ2v) is 7.31. The van der Waals surface area contributed by atoms with Gasteiger partial charge in [-0.25, -0.2) is 9.97 Å². The molecule has 3 aromatic carbocycles. The summed E-state index contributed by atoms with van der Waals surface area (Å²) in [7, 11) is 0. The van der Waals surface area contributed by atoms with E-state index in [4.69, 9.17) is 0 Å².